The van der Waals surface area contributed by atoms with E-state index >= 15 is 0 Å². The van der Waals surface area contributed by atoms with Crippen molar-refractivity contribution >= 4 is 21.6 Å². The molecule has 2 rings (SSSR count). The van der Waals surface area contributed by atoms with E-state index in [1.807, 2.05) is 0 Å². The van der Waals surface area contributed by atoms with Crippen LogP contribution in [0.25, 0.3) is 0 Å². The Hall–Kier alpha value is -0.650. The Kier molecular flexibility index (Phi) is 3.94. The van der Waals surface area contributed by atoms with Gasteiger partial charge in [0, 0.05) is 19.3 Å². The summed E-state index contributed by atoms with van der Waals surface area (Å²) >= 11 is 5.74. The van der Waals surface area contributed by atoms with Gasteiger partial charge >= 0.3 is 0 Å². The van der Waals surface area contributed by atoms with E-state index in [-0.39, 0.29) is 10.0 Å². The molecule has 0 radical (unpaired) electrons. The molecule has 1 fully saturated rings. The number of nitrogens with zero attached hydrogens (tertiary/aromatic N) is 2. The van der Waals surface area contributed by atoms with Gasteiger partial charge in [0.15, 0.2) is 0 Å². The summed E-state index contributed by atoms with van der Waals surface area (Å²) in [4.78, 5) is 4.03. The first-order chi connectivity index (χ1) is 8.41. The number of aromatic nitrogens is 1. The second kappa shape index (κ2) is 5.15. The zero-order chi connectivity index (χ0) is 13.3. The Balaban J connectivity index is 2.23. The van der Waals surface area contributed by atoms with Crippen molar-refractivity contribution in [2.75, 3.05) is 13.1 Å². The molecule has 4 nitrogen and oxygen atoms in total. The molecule has 0 saturated carbocycles. The van der Waals surface area contributed by atoms with Gasteiger partial charge in [0.25, 0.3) is 0 Å². The normalized spacial score (nSPS) is 21.7. The number of rotatable bonds is 3. The first-order valence-corrected chi connectivity index (χ1v) is 7.85. The molecule has 1 aromatic rings. The van der Waals surface area contributed by atoms with E-state index < -0.39 is 10.0 Å². The number of sulfonamides is 1. The lowest BCUT2D eigenvalue weighted by Crippen LogP contribution is -2.29. The largest absolute Gasteiger partial charge is 0.244 e. The van der Waals surface area contributed by atoms with Crippen molar-refractivity contribution in [3.63, 3.8) is 0 Å². The molecule has 0 aliphatic carbocycles. The van der Waals surface area contributed by atoms with Crippen molar-refractivity contribution in [3.05, 3.63) is 23.5 Å². The molecule has 1 atom stereocenters. The quantitative estimate of drug-likeness (QED) is 0.803. The third-order valence-corrected chi connectivity index (χ3v) is 5.53. The first-order valence-electron chi connectivity index (χ1n) is 6.03. The minimum absolute atomic E-state index is 0.204. The second-order valence-corrected chi connectivity index (χ2v) is 7.30. The highest BCUT2D eigenvalue weighted by atomic mass is 35.5. The van der Waals surface area contributed by atoms with Crippen LogP contribution >= 0.6 is 11.6 Å². The van der Waals surface area contributed by atoms with Gasteiger partial charge < -0.3 is 0 Å². The van der Waals surface area contributed by atoms with Crippen LogP contribution in [-0.4, -0.2) is 30.8 Å². The number of halogens is 1. The molecule has 1 aliphatic heterocycles. The minimum atomic E-state index is -3.42. The van der Waals surface area contributed by atoms with Gasteiger partial charge in [0.1, 0.15) is 5.15 Å². The molecule has 0 spiro atoms. The third kappa shape index (κ3) is 2.68. The Labute approximate surface area is 113 Å². The zero-order valence-electron chi connectivity index (χ0n) is 10.5. The van der Waals surface area contributed by atoms with Crippen LogP contribution in [0.15, 0.2) is 23.2 Å². The van der Waals surface area contributed by atoms with Gasteiger partial charge in [-0.1, -0.05) is 25.4 Å². The third-order valence-electron chi connectivity index (χ3n) is 3.47. The van der Waals surface area contributed by atoms with E-state index in [1.54, 1.807) is 4.31 Å². The van der Waals surface area contributed by atoms with E-state index in [9.17, 15) is 8.42 Å². The van der Waals surface area contributed by atoms with Crippen LogP contribution in [0, 0.1) is 11.8 Å². The lowest BCUT2D eigenvalue weighted by Gasteiger charge is -2.18. The average Bonchev–Trinajstić information content (AvgIpc) is 2.79. The van der Waals surface area contributed by atoms with Gasteiger partial charge in [-0.25, -0.2) is 13.4 Å². The monoisotopic (exact) mass is 288 g/mol. The molecule has 0 aromatic carbocycles. The standard InChI is InChI=1S/C12H17ClN2O2S/c1-9(2)10-4-6-15(8-10)18(16,17)11-3-5-14-12(13)7-11/h3,5,7,9-10H,4,6,8H2,1-2H3. The van der Waals surface area contributed by atoms with Crippen LogP contribution < -0.4 is 0 Å². The predicted octanol–water partition coefficient (Wildman–Crippen LogP) is 2.40. The molecule has 1 aliphatic rings. The summed E-state index contributed by atoms with van der Waals surface area (Å²) in [6.45, 7) is 5.44. The molecule has 6 heteroatoms. The SMILES string of the molecule is CC(C)C1CCN(S(=O)(=O)c2ccnc(Cl)c2)C1. The Bertz CT molecular complexity index is 531. The Morgan fingerprint density at radius 3 is 2.78 bits per heavy atom. The zero-order valence-corrected chi connectivity index (χ0v) is 12.1. The van der Waals surface area contributed by atoms with E-state index in [2.05, 4.69) is 18.8 Å². The van der Waals surface area contributed by atoms with E-state index in [0.717, 1.165) is 6.42 Å². The molecule has 0 amide bonds. The fourth-order valence-corrected chi connectivity index (χ4v) is 3.97. The molecule has 0 bridgehead atoms. The number of hydrogen-bond acceptors (Lipinski definition) is 3. The maximum Gasteiger partial charge on any atom is 0.243 e. The first kappa shape index (κ1) is 13.8. The number of hydrogen-bond donors (Lipinski definition) is 0. The summed E-state index contributed by atoms with van der Waals surface area (Å²) in [5, 5.41) is 0.204. The summed E-state index contributed by atoms with van der Waals surface area (Å²) in [6.07, 6.45) is 2.35. The summed E-state index contributed by atoms with van der Waals surface area (Å²) in [5.74, 6) is 0.948. The Morgan fingerprint density at radius 2 is 2.22 bits per heavy atom. The van der Waals surface area contributed by atoms with Crippen molar-refractivity contribution < 1.29 is 8.42 Å². The topological polar surface area (TPSA) is 50.3 Å². The molecular formula is C12H17ClN2O2S. The van der Waals surface area contributed by atoms with Crippen molar-refractivity contribution in [3.8, 4) is 0 Å². The molecule has 2 heterocycles. The summed E-state index contributed by atoms with van der Waals surface area (Å²) in [5.41, 5.74) is 0. The summed E-state index contributed by atoms with van der Waals surface area (Å²) in [6, 6.07) is 2.89. The van der Waals surface area contributed by atoms with Crippen molar-refractivity contribution in [2.45, 2.75) is 25.2 Å². The Morgan fingerprint density at radius 1 is 1.50 bits per heavy atom. The van der Waals surface area contributed by atoms with E-state index in [0.29, 0.717) is 24.9 Å². The molecule has 0 N–H and O–H groups in total. The van der Waals surface area contributed by atoms with Crippen LogP contribution in [0.1, 0.15) is 20.3 Å². The van der Waals surface area contributed by atoms with Gasteiger partial charge in [-0.2, -0.15) is 4.31 Å². The average molecular weight is 289 g/mol. The highest BCUT2D eigenvalue weighted by molar-refractivity contribution is 7.89. The van der Waals surface area contributed by atoms with Gasteiger partial charge in [-0.05, 0) is 30.4 Å². The molecule has 100 valence electrons. The highest BCUT2D eigenvalue weighted by Crippen LogP contribution is 2.28. The van der Waals surface area contributed by atoms with Crippen LogP contribution in [0.3, 0.4) is 0 Å². The van der Waals surface area contributed by atoms with E-state index in [1.165, 1.54) is 18.3 Å². The van der Waals surface area contributed by atoms with Crippen molar-refractivity contribution in [1.29, 1.82) is 0 Å². The highest BCUT2D eigenvalue weighted by Gasteiger charge is 2.33. The lowest BCUT2D eigenvalue weighted by atomic mass is 9.96. The van der Waals surface area contributed by atoms with Crippen LogP contribution in [0.5, 0.6) is 0 Å². The minimum Gasteiger partial charge on any atom is -0.244 e. The molecule has 1 unspecified atom stereocenters. The van der Waals surface area contributed by atoms with Crippen LogP contribution in [-0.2, 0) is 10.0 Å². The van der Waals surface area contributed by atoms with Crippen molar-refractivity contribution in [2.24, 2.45) is 11.8 Å². The maximum absolute atomic E-state index is 12.4. The molecule has 18 heavy (non-hydrogen) atoms. The lowest BCUT2D eigenvalue weighted by molar-refractivity contribution is 0.388. The predicted molar refractivity (Wildman–Crippen MR) is 71.0 cm³/mol. The van der Waals surface area contributed by atoms with Gasteiger partial charge in [-0.3, -0.25) is 0 Å². The smallest absolute Gasteiger partial charge is 0.243 e. The van der Waals surface area contributed by atoms with E-state index in [4.69, 9.17) is 11.6 Å². The van der Waals surface area contributed by atoms with Crippen LogP contribution in [0.4, 0.5) is 0 Å². The second-order valence-electron chi connectivity index (χ2n) is 4.97. The maximum atomic E-state index is 12.4. The number of pyridine rings is 1. The summed E-state index contributed by atoms with van der Waals surface area (Å²) in [7, 11) is -3.42. The molecule has 1 aromatic heterocycles. The van der Waals surface area contributed by atoms with Crippen LogP contribution in [0.2, 0.25) is 5.15 Å². The van der Waals surface area contributed by atoms with Gasteiger partial charge in [0.05, 0.1) is 4.90 Å². The van der Waals surface area contributed by atoms with Gasteiger partial charge in [0.2, 0.25) is 10.0 Å². The fraction of sp³-hybridized carbons (Fsp3) is 0.583. The van der Waals surface area contributed by atoms with Crippen molar-refractivity contribution in [1.82, 2.24) is 9.29 Å². The van der Waals surface area contributed by atoms with Gasteiger partial charge in [-0.15, -0.1) is 0 Å². The molecular weight excluding hydrogens is 272 g/mol. The summed E-state index contributed by atoms with van der Waals surface area (Å²) < 4.78 is 26.3. The fourth-order valence-electron chi connectivity index (χ4n) is 2.21. The molecule has 1 saturated heterocycles.